The molecule has 2 atom stereocenters. The largest absolute Gasteiger partial charge is 0.481 e. The normalized spacial score (nSPS) is 15.7. The fraction of sp³-hybridized carbons (Fsp3) is 0.700. The van der Waals surface area contributed by atoms with E-state index in [9.17, 15) is 4.79 Å². The van der Waals surface area contributed by atoms with E-state index in [4.69, 9.17) is 5.11 Å². The molecule has 0 aliphatic rings. The zero-order chi connectivity index (χ0) is 9.72. The summed E-state index contributed by atoms with van der Waals surface area (Å²) in [4.78, 5) is 10.8. The Morgan fingerprint density at radius 2 is 2.00 bits per heavy atom. The van der Waals surface area contributed by atoms with Gasteiger partial charge in [0.1, 0.15) is 0 Å². The smallest absolute Gasteiger partial charge is 0.307 e. The third kappa shape index (κ3) is 3.56. The molecule has 0 saturated heterocycles. The number of hydrogen-bond acceptors (Lipinski definition) is 1. The fourth-order valence-corrected chi connectivity index (χ4v) is 1.21. The quantitative estimate of drug-likeness (QED) is 0.644. The van der Waals surface area contributed by atoms with Gasteiger partial charge in [-0.25, -0.2) is 0 Å². The third-order valence-corrected chi connectivity index (χ3v) is 2.05. The number of rotatable bonds is 5. The Kier molecular flexibility index (Phi) is 4.64. The molecule has 0 aromatic rings. The van der Waals surface area contributed by atoms with Gasteiger partial charge in [0.2, 0.25) is 0 Å². The second-order valence-electron chi connectivity index (χ2n) is 3.67. The van der Waals surface area contributed by atoms with Crippen LogP contribution in [-0.4, -0.2) is 11.1 Å². The highest BCUT2D eigenvalue weighted by molar-refractivity contribution is 5.70. The highest BCUT2D eigenvalue weighted by Gasteiger charge is 2.23. The zero-order valence-electron chi connectivity index (χ0n) is 8.08. The van der Waals surface area contributed by atoms with E-state index in [1.165, 1.54) is 0 Å². The Labute approximate surface area is 74.3 Å². The van der Waals surface area contributed by atoms with Crippen LogP contribution in [0.15, 0.2) is 12.7 Å². The molecule has 0 aromatic carbocycles. The molecule has 2 heteroatoms. The monoisotopic (exact) mass is 170 g/mol. The van der Waals surface area contributed by atoms with E-state index < -0.39 is 5.97 Å². The Morgan fingerprint density at radius 1 is 1.50 bits per heavy atom. The van der Waals surface area contributed by atoms with Gasteiger partial charge in [-0.3, -0.25) is 4.79 Å². The molecule has 0 heterocycles. The predicted octanol–water partition coefficient (Wildman–Crippen LogP) is 2.56. The molecule has 0 aliphatic heterocycles. The van der Waals surface area contributed by atoms with E-state index in [2.05, 4.69) is 6.58 Å². The summed E-state index contributed by atoms with van der Waals surface area (Å²) in [5.41, 5.74) is 0. The predicted molar refractivity (Wildman–Crippen MR) is 49.9 cm³/mol. The van der Waals surface area contributed by atoms with Crippen molar-refractivity contribution in [3.8, 4) is 0 Å². The summed E-state index contributed by atoms with van der Waals surface area (Å²) in [5.74, 6) is -0.503. The molecule has 1 N–H and O–H groups in total. The van der Waals surface area contributed by atoms with Crippen molar-refractivity contribution in [2.75, 3.05) is 0 Å². The fourth-order valence-electron chi connectivity index (χ4n) is 1.21. The average molecular weight is 170 g/mol. The number of carbonyl (C=O) groups is 1. The Balaban J connectivity index is 4.22. The van der Waals surface area contributed by atoms with Gasteiger partial charge in [-0.1, -0.05) is 26.8 Å². The number of carboxylic acids is 1. The van der Waals surface area contributed by atoms with Gasteiger partial charge in [-0.05, 0) is 18.3 Å². The molecule has 0 saturated carbocycles. The van der Waals surface area contributed by atoms with E-state index in [0.29, 0.717) is 5.92 Å². The van der Waals surface area contributed by atoms with Crippen LogP contribution in [-0.2, 0) is 4.79 Å². The van der Waals surface area contributed by atoms with Crippen molar-refractivity contribution in [1.29, 1.82) is 0 Å². The van der Waals surface area contributed by atoms with Crippen molar-refractivity contribution in [2.24, 2.45) is 17.8 Å². The molecule has 0 fully saturated rings. The standard InChI is InChI=1S/C10H18O2/c1-5-8(4)9(10(11)12)6-7(2)3/h5,7-9H,1,6H2,2-4H3,(H,11,12)/t8-,9-/m0/s1. The minimum Gasteiger partial charge on any atom is -0.481 e. The lowest BCUT2D eigenvalue weighted by molar-refractivity contribution is -0.143. The maximum absolute atomic E-state index is 10.8. The molecule has 0 aromatic heterocycles. The maximum Gasteiger partial charge on any atom is 0.307 e. The topological polar surface area (TPSA) is 37.3 Å². The summed E-state index contributed by atoms with van der Waals surface area (Å²) in [6.45, 7) is 9.57. The molecule has 0 bridgehead atoms. The minimum atomic E-state index is -0.712. The molecule has 12 heavy (non-hydrogen) atoms. The van der Waals surface area contributed by atoms with Crippen molar-refractivity contribution in [3.05, 3.63) is 12.7 Å². The minimum absolute atomic E-state index is 0.0601. The molecule has 0 aliphatic carbocycles. The van der Waals surface area contributed by atoms with E-state index in [1.54, 1.807) is 6.08 Å². The lowest BCUT2D eigenvalue weighted by atomic mass is 9.87. The molecule has 0 radical (unpaired) electrons. The van der Waals surface area contributed by atoms with Gasteiger partial charge in [-0.2, -0.15) is 0 Å². The first kappa shape index (κ1) is 11.2. The summed E-state index contributed by atoms with van der Waals surface area (Å²) in [7, 11) is 0. The average Bonchev–Trinajstić information content (AvgIpc) is 1.98. The van der Waals surface area contributed by atoms with Gasteiger partial charge < -0.3 is 5.11 Å². The van der Waals surface area contributed by atoms with Crippen LogP contribution in [0.1, 0.15) is 27.2 Å². The number of aliphatic carboxylic acids is 1. The van der Waals surface area contributed by atoms with Crippen LogP contribution in [0.4, 0.5) is 0 Å². The van der Waals surface area contributed by atoms with Crippen molar-refractivity contribution < 1.29 is 9.90 Å². The maximum atomic E-state index is 10.8. The summed E-state index contributed by atoms with van der Waals surface area (Å²) >= 11 is 0. The van der Waals surface area contributed by atoms with E-state index in [0.717, 1.165) is 6.42 Å². The summed E-state index contributed by atoms with van der Waals surface area (Å²) < 4.78 is 0. The van der Waals surface area contributed by atoms with Gasteiger partial charge in [0.25, 0.3) is 0 Å². The summed E-state index contributed by atoms with van der Waals surface area (Å²) in [5, 5.41) is 8.88. The van der Waals surface area contributed by atoms with Gasteiger partial charge >= 0.3 is 5.97 Å². The number of carboxylic acid groups (broad SMARTS) is 1. The number of hydrogen-bond donors (Lipinski definition) is 1. The van der Waals surface area contributed by atoms with E-state index >= 15 is 0 Å². The third-order valence-electron chi connectivity index (χ3n) is 2.05. The van der Waals surface area contributed by atoms with Crippen molar-refractivity contribution in [2.45, 2.75) is 27.2 Å². The van der Waals surface area contributed by atoms with Crippen LogP contribution in [0.2, 0.25) is 0 Å². The van der Waals surface area contributed by atoms with Crippen LogP contribution in [0.3, 0.4) is 0 Å². The molecule has 0 unspecified atom stereocenters. The molecule has 0 rings (SSSR count). The van der Waals surface area contributed by atoms with Gasteiger partial charge in [0.15, 0.2) is 0 Å². The molecule has 2 nitrogen and oxygen atoms in total. The van der Waals surface area contributed by atoms with E-state index in [-0.39, 0.29) is 11.8 Å². The Hall–Kier alpha value is -0.790. The van der Waals surface area contributed by atoms with Crippen molar-refractivity contribution >= 4 is 5.97 Å². The first-order valence-corrected chi connectivity index (χ1v) is 4.34. The molecule has 0 spiro atoms. The zero-order valence-corrected chi connectivity index (χ0v) is 8.08. The van der Waals surface area contributed by atoms with Gasteiger partial charge in [-0.15, -0.1) is 6.58 Å². The van der Waals surface area contributed by atoms with Gasteiger partial charge in [0, 0.05) is 0 Å². The second-order valence-corrected chi connectivity index (χ2v) is 3.67. The molecule has 70 valence electrons. The molecular formula is C10H18O2. The highest BCUT2D eigenvalue weighted by atomic mass is 16.4. The summed E-state index contributed by atoms with van der Waals surface area (Å²) in [6.07, 6.45) is 2.43. The lowest BCUT2D eigenvalue weighted by Crippen LogP contribution is -2.21. The van der Waals surface area contributed by atoms with Gasteiger partial charge in [0.05, 0.1) is 5.92 Å². The Bertz CT molecular complexity index is 161. The molecular weight excluding hydrogens is 152 g/mol. The van der Waals surface area contributed by atoms with Crippen molar-refractivity contribution in [3.63, 3.8) is 0 Å². The molecule has 0 amide bonds. The Morgan fingerprint density at radius 3 is 2.25 bits per heavy atom. The van der Waals surface area contributed by atoms with Crippen molar-refractivity contribution in [1.82, 2.24) is 0 Å². The highest BCUT2D eigenvalue weighted by Crippen LogP contribution is 2.21. The van der Waals surface area contributed by atoms with Crippen LogP contribution in [0.5, 0.6) is 0 Å². The first-order valence-electron chi connectivity index (χ1n) is 4.34. The van der Waals surface area contributed by atoms with Crippen LogP contribution >= 0.6 is 0 Å². The lowest BCUT2D eigenvalue weighted by Gasteiger charge is -2.18. The van der Waals surface area contributed by atoms with E-state index in [1.807, 2.05) is 20.8 Å². The first-order chi connectivity index (χ1) is 5.49. The number of allylic oxidation sites excluding steroid dienone is 1. The second kappa shape index (κ2) is 4.96. The van der Waals surface area contributed by atoms with Crippen LogP contribution in [0.25, 0.3) is 0 Å². The van der Waals surface area contributed by atoms with Crippen LogP contribution in [0, 0.1) is 17.8 Å². The SMILES string of the molecule is C=C[C@H](C)[C@H](CC(C)C)C(=O)O. The van der Waals surface area contributed by atoms with Crippen LogP contribution < -0.4 is 0 Å². The summed E-state index contributed by atoms with van der Waals surface area (Å²) in [6, 6.07) is 0.